The van der Waals surface area contributed by atoms with Crippen LogP contribution in [0.5, 0.6) is 0 Å². The molecule has 1 aliphatic rings. The molecule has 1 saturated heterocycles. The number of hydrogen-bond acceptors (Lipinski definition) is 6. The van der Waals surface area contributed by atoms with Gasteiger partial charge >= 0.3 is 0 Å². The number of rotatable bonds is 5. The van der Waals surface area contributed by atoms with Crippen molar-refractivity contribution in [3.8, 4) is 0 Å². The van der Waals surface area contributed by atoms with Crippen molar-refractivity contribution in [3.63, 3.8) is 0 Å². The SMILES string of the molecule is Cc1nc([C@@H]2CN(C(=O)CCc3nc4ccccc4s3)C[C@H]2C(N)=O)n[nH]1. The zero-order valence-corrected chi connectivity index (χ0v) is 15.7. The average Bonchev–Trinajstić information content (AvgIpc) is 3.36. The van der Waals surface area contributed by atoms with Crippen molar-refractivity contribution in [2.45, 2.75) is 25.7 Å². The lowest BCUT2D eigenvalue weighted by Crippen LogP contribution is -2.32. The topological polar surface area (TPSA) is 118 Å². The molecule has 140 valence electrons. The minimum Gasteiger partial charge on any atom is -0.369 e. The normalized spacial score (nSPS) is 19.7. The first-order valence-corrected chi connectivity index (χ1v) is 9.63. The van der Waals surface area contributed by atoms with Crippen LogP contribution in [-0.2, 0) is 16.0 Å². The standard InChI is InChI=1S/C18H20N6O2S/c1-10-20-18(23-22-10)12-9-24(8-11(12)17(19)26)16(25)7-6-15-21-13-4-2-3-5-14(13)27-15/h2-5,11-12H,6-9H2,1H3,(H2,19,26)(H,20,22,23)/t11-,12-/m1/s1. The van der Waals surface area contributed by atoms with Crippen LogP contribution in [0.1, 0.15) is 29.0 Å². The number of benzene rings is 1. The molecule has 1 fully saturated rings. The second-order valence-corrected chi connectivity index (χ2v) is 7.88. The van der Waals surface area contributed by atoms with Gasteiger partial charge in [0.15, 0.2) is 5.82 Å². The molecule has 2 atom stereocenters. The largest absolute Gasteiger partial charge is 0.369 e. The van der Waals surface area contributed by atoms with Crippen molar-refractivity contribution in [1.82, 2.24) is 25.1 Å². The van der Waals surface area contributed by atoms with Crippen LogP contribution in [0, 0.1) is 12.8 Å². The molecule has 0 unspecified atom stereocenters. The highest BCUT2D eigenvalue weighted by Gasteiger charge is 2.41. The zero-order chi connectivity index (χ0) is 19.0. The number of aromatic amines is 1. The highest BCUT2D eigenvalue weighted by Crippen LogP contribution is 2.31. The van der Waals surface area contributed by atoms with E-state index in [2.05, 4.69) is 20.2 Å². The van der Waals surface area contributed by atoms with Gasteiger partial charge in [0, 0.05) is 25.9 Å². The summed E-state index contributed by atoms with van der Waals surface area (Å²) in [5.74, 6) is 0.0521. The highest BCUT2D eigenvalue weighted by molar-refractivity contribution is 7.18. The van der Waals surface area contributed by atoms with E-state index in [0.29, 0.717) is 37.6 Å². The van der Waals surface area contributed by atoms with E-state index < -0.39 is 11.8 Å². The summed E-state index contributed by atoms with van der Waals surface area (Å²) < 4.78 is 1.12. The number of primary amides is 1. The lowest BCUT2D eigenvalue weighted by atomic mass is 9.95. The molecule has 8 nitrogen and oxygen atoms in total. The number of nitrogens with two attached hydrogens (primary N) is 1. The van der Waals surface area contributed by atoms with Crippen LogP contribution in [0.2, 0.25) is 0 Å². The van der Waals surface area contributed by atoms with Crippen LogP contribution in [0.25, 0.3) is 10.2 Å². The summed E-state index contributed by atoms with van der Waals surface area (Å²) in [5.41, 5.74) is 6.51. The molecule has 2 amide bonds. The van der Waals surface area contributed by atoms with Crippen LogP contribution in [0.15, 0.2) is 24.3 Å². The van der Waals surface area contributed by atoms with Gasteiger partial charge in [-0.2, -0.15) is 5.10 Å². The minimum absolute atomic E-state index is 0.00439. The summed E-state index contributed by atoms with van der Waals surface area (Å²) in [6.07, 6.45) is 0.936. The molecule has 2 aromatic heterocycles. The number of aryl methyl sites for hydroxylation is 2. The van der Waals surface area contributed by atoms with Crippen LogP contribution in [-0.4, -0.2) is 50.0 Å². The van der Waals surface area contributed by atoms with Gasteiger partial charge in [-0.3, -0.25) is 14.7 Å². The predicted octanol–water partition coefficient (Wildman–Crippen LogP) is 1.38. The van der Waals surface area contributed by atoms with E-state index in [9.17, 15) is 9.59 Å². The molecule has 4 rings (SSSR count). The quantitative estimate of drug-likeness (QED) is 0.689. The maximum absolute atomic E-state index is 12.7. The molecule has 3 N–H and O–H groups in total. The van der Waals surface area contributed by atoms with Crippen molar-refractivity contribution < 1.29 is 9.59 Å². The summed E-state index contributed by atoms with van der Waals surface area (Å²) in [6, 6.07) is 7.93. The number of fused-ring (bicyclic) bond motifs is 1. The number of likely N-dealkylation sites (tertiary alicyclic amines) is 1. The number of thiazole rings is 1. The Labute approximate surface area is 159 Å². The number of hydrogen-bond donors (Lipinski definition) is 2. The molecule has 0 aliphatic carbocycles. The van der Waals surface area contributed by atoms with Crippen LogP contribution < -0.4 is 5.73 Å². The lowest BCUT2D eigenvalue weighted by Gasteiger charge is -2.15. The number of aromatic nitrogens is 4. The smallest absolute Gasteiger partial charge is 0.223 e. The van der Waals surface area contributed by atoms with Gasteiger partial charge in [-0.25, -0.2) is 9.97 Å². The van der Waals surface area contributed by atoms with E-state index in [1.54, 1.807) is 23.2 Å². The number of carbonyl (C=O) groups is 2. The predicted molar refractivity (Wildman–Crippen MR) is 101 cm³/mol. The third kappa shape index (κ3) is 3.55. The van der Waals surface area contributed by atoms with Gasteiger partial charge < -0.3 is 10.6 Å². The molecular formula is C18H20N6O2S. The van der Waals surface area contributed by atoms with E-state index in [0.717, 1.165) is 15.2 Å². The first kappa shape index (κ1) is 17.6. The number of para-hydroxylation sites is 1. The number of H-pyrrole nitrogens is 1. The fourth-order valence-electron chi connectivity index (χ4n) is 3.48. The van der Waals surface area contributed by atoms with Crippen molar-refractivity contribution >= 4 is 33.4 Å². The van der Waals surface area contributed by atoms with E-state index >= 15 is 0 Å². The molecule has 3 heterocycles. The van der Waals surface area contributed by atoms with Gasteiger partial charge in [-0.05, 0) is 19.1 Å². The Morgan fingerprint density at radius 2 is 2.11 bits per heavy atom. The fourth-order valence-corrected chi connectivity index (χ4v) is 4.45. The Morgan fingerprint density at radius 1 is 1.30 bits per heavy atom. The Bertz CT molecular complexity index is 964. The van der Waals surface area contributed by atoms with E-state index in [4.69, 9.17) is 5.73 Å². The maximum Gasteiger partial charge on any atom is 0.223 e. The second kappa shape index (κ2) is 7.07. The first-order chi connectivity index (χ1) is 13.0. The molecular weight excluding hydrogens is 364 g/mol. The minimum atomic E-state index is -0.466. The Balaban J connectivity index is 1.43. The summed E-state index contributed by atoms with van der Waals surface area (Å²) in [6.45, 7) is 2.52. The summed E-state index contributed by atoms with van der Waals surface area (Å²) in [7, 11) is 0. The summed E-state index contributed by atoms with van der Waals surface area (Å²) in [5, 5.41) is 7.88. The van der Waals surface area contributed by atoms with E-state index in [1.807, 2.05) is 24.3 Å². The lowest BCUT2D eigenvalue weighted by molar-refractivity contribution is -0.130. The molecule has 27 heavy (non-hydrogen) atoms. The summed E-state index contributed by atoms with van der Waals surface area (Å²) >= 11 is 1.61. The molecule has 3 aromatic rings. The molecule has 1 aliphatic heterocycles. The third-order valence-electron chi connectivity index (χ3n) is 4.88. The molecule has 9 heteroatoms. The van der Waals surface area contributed by atoms with E-state index in [1.165, 1.54) is 0 Å². The monoisotopic (exact) mass is 384 g/mol. The number of nitrogens with one attached hydrogen (secondary N) is 1. The molecule has 0 spiro atoms. The third-order valence-corrected chi connectivity index (χ3v) is 5.97. The van der Waals surface area contributed by atoms with Crippen LogP contribution in [0.4, 0.5) is 0 Å². The van der Waals surface area contributed by atoms with Crippen LogP contribution in [0.3, 0.4) is 0 Å². The van der Waals surface area contributed by atoms with Crippen molar-refractivity contribution in [2.75, 3.05) is 13.1 Å². The van der Waals surface area contributed by atoms with Crippen LogP contribution >= 0.6 is 11.3 Å². The maximum atomic E-state index is 12.7. The zero-order valence-electron chi connectivity index (χ0n) is 14.9. The number of carbonyl (C=O) groups excluding carboxylic acids is 2. The summed E-state index contributed by atoms with van der Waals surface area (Å²) in [4.78, 5) is 35.1. The number of amides is 2. The van der Waals surface area contributed by atoms with Gasteiger partial charge in [0.05, 0.1) is 27.1 Å². The van der Waals surface area contributed by atoms with Gasteiger partial charge in [0.2, 0.25) is 11.8 Å². The van der Waals surface area contributed by atoms with Gasteiger partial charge in [0.25, 0.3) is 0 Å². The Kier molecular flexibility index (Phi) is 4.61. The van der Waals surface area contributed by atoms with Crippen molar-refractivity contribution in [2.24, 2.45) is 11.7 Å². The highest BCUT2D eigenvalue weighted by atomic mass is 32.1. The molecule has 0 radical (unpaired) electrons. The van der Waals surface area contributed by atoms with Gasteiger partial charge in [0.1, 0.15) is 5.82 Å². The Morgan fingerprint density at radius 3 is 2.81 bits per heavy atom. The molecule has 0 bridgehead atoms. The van der Waals surface area contributed by atoms with Crippen molar-refractivity contribution in [1.29, 1.82) is 0 Å². The van der Waals surface area contributed by atoms with Crippen molar-refractivity contribution in [3.05, 3.63) is 40.9 Å². The first-order valence-electron chi connectivity index (χ1n) is 8.81. The van der Waals surface area contributed by atoms with Gasteiger partial charge in [-0.15, -0.1) is 11.3 Å². The Hall–Kier alpha value is -2.81. The second-order valence-electron chi connectivity index (χ2n) is 6.77. The fraction of sp³-hybridized carbons (Fsp3) is 0.389. The van der Waals surface area contributed by atoms with E-state index in [-0.39, 0.29) is 11.8 Å². The molecule has 0 saturated carbocycles. The van der Waals surface area contributed by atoms with Gasteiger partial charge in [-0.1, -0.05) is 12.1 Å². The number of nitrogens with zero attached hydrogens (tertiary/aromatic N) is 4. The molecule has 1 aromatic carbocycles. The average molecular weight is 384 g/mol.